The van der Waals surface area contributed by atoms with Gasteiger partial charge in [0.25, 0.3) is 0 Å². The van der Waals surface area contributed by atoms with Crippen molar-refractivity contribution in [1.29, 1.82) is 0 Å². The van der Waals surface area contributed by atoms with E-state index in [2.05, 4.69) is 15.6 Å². The Labute approximate surface area is 155 Å². The fraction of sp³-hybridized carbons (Fsp3) is 0.706. The summed E-state index contributed by atoms with van der Waals surface area (Å²) in [5.74, 6) is 1.21. The van der Waals surface area contributed by atoms with Gasteiger partial charge in [0.2, 0.25) is 10.0 Å². The van der Waals surface area contributed by atoms with E-state index in [1.165, 1.54) is 6.26 Å². The number of aliphatic imine (C=N–C) groups is 1. The van der Waals surface area contributed by atoms with Crippen molar-refractivity contribution in [1.82, 2.24) is 14.9 Å². The fourth-order valence-electron chi connectivity index (χ4n) is 2.87. The molecule has 2 rings (SSSR count). The van der Waals surface area contributed by atoms with E-state index in [-0.39, 0.29) is 18.3 Å². The summed E-state index contributed by atoms with van der Waals surface area (Å²) >= 11 is 0. The number of furan rings is 1. The van der Waals surface area contributed by atoms with Crippen LogP contribution in [0.4, 0.5) is 0 Å². The van der Waals surface area contributed by atoms with Crippen LogP contribution in [0.5, 0.6) is 0 Å². The third-order valence-electron chi connectivity index (χ3n) is 4.49. The van der Waals surface area contributed by atoms with Gasteiger partial charge in [-0.05, 0) is 45.7 Å². The van der Waals surface area contributed by atoms with Crippen molar-refractivity contribution in [3.05, 3.63) is 24.2 Å². The number of hydrogen-bond acceptors (Lipinski definition) is 5. The highest BCUT2D eigenvalue weighted by Gasteiger charge is 2.28. The summed E-state index contributed by atoms with van der Waals surface area (Å²) in [5.41, 5.74) is -1.19. The number of guanidine groups is 1. The average molecular weight is 387 g/mol. The monoisotopic (exact) mass is 386 g/mol. The fourth-order valence-corrected chi connectivity index (χ4v) is 4.00. The van der Waals surface area contributed by atoms with E-state index in [1.54, 1.807) is 30.3 Å². The maximum absolute atomic E-state index is 11.9. The molecule has 1 fully saturated rings. The van der Waals surface area contributed by atoms with Crippen LogP contribution in [0.3, 0.4) is 0 Å². The summed E-state index contributed by atoms with van der Waals surface area (Å²) in [6.07, 6.45) is 2.96. The second-order valence-corrected chi connectivity index (χ2v) is 8.92. The second kappa shape index (κ2) is 8.88. The summed E-state index contributed by atoms with van der Waals surface area (Å²) in [4.78, 5) is 4.47. The molecule has 0 bridgehead atoms. The number of rotatable bonds is 7. The molecule has 0 aliphatic carbocycles. The van der Waals surface area contributed by atoms with Crippen LogP contribution >= 0.6 is 0 Å². The number of aliphatic hydroxyl groups is 1. The van der Waals surface area contributed by atoms with Gasteiger partial charge in [0.05, 0.1) is 18.6 Å². The molecule has 9 heteroatoms. The zero-order chi connectivity index (χ0) is 19.2. The molecule has 1 unspecified atom stereocenters. The molecule has 2 heterocycles. The molecular weight excluding hydrogens is 356 g/mol. The lowest BCUT2D eigenvalue weighted by atomic mass is 10.0. The molecule has 0 spiro atoms. The van der Waals surface area contributed by atoms with Crippen LogP contribution in [-0.2, 0) is 15.6 Å². The molecule has 26 heavy (non-hydrogen) atoms. The molecule has 3 N–H and O–H groups in total. The van der Waals surface area contributed by atoms with Gasteiger partial charge >= 0.3 is 0 Å². The Bertz CT molecular complexity index is 678. The van der Waals surface area contributed by atoms with E-state index >= 15 is 0 Å². The van der Waals surface area contributed by atoms with Crippen molar-refractivity contribution >= 4 is 16.0 Å². The molecule has 0 radical (unpaired) electrons. The first-order valence-electron chi connectivity index (χ1n) is 9.07. The molecule has 0 saturated carbocycles. The lowest BCUT2D eigenvalue weighted by molar-refractivity contribution is 0.0436. The van der Waals surface area contributed by atoms with E-state index in [9.17, 15) is 13.5 Å². The van der Waals surface area contributed by atoms with Crippen molar-refractivity contribution < 1.29 is 17.9 Å². The van der Waals surface area contributed by atoms with Crippen LogP contribution in [0, 0.1) is 0 Å². The minimum atomic E-state index is -3.12. The van der Waals surface area contributed by atoms with Crippen molar-refractivity contribution in [3.63, 3.8) is 0 Å². The smallest absolute Gasteiger partial charge is 0.213 e. The SMILES string of the molecule is CCNC(=NCC(C)(O)c1ccco1)NC1CCN(S(=O)(=O)CC)CC1. The van der Waals surface area contributed by atoms with E-state index in [4.69, 9.17) is 4.42 Å². The molecule has 1 atom stereocenters. The third kappa shape index (κ3) is 5.46. The molecule has 1 aliphatic heterocycles. The molecular formula is C17H30N4O4S. The molecule has 8 nitrogen and oxygen atoms in total. The lowest BCUT2D eigenvalue weighted by Gasteiger charge is -2.32. The van der Waals surface area contributed by atoms with Gasteiger partial charge in [0.1, 0.15) is 11.4 Å². The number of nitrogens with zero attached hydrogens (tertiary/aromatic N) is 2. The minimum absolute atomic E-state index is 0.136. The Morgan fingerprint density at radius 1 is 1.42 bits per heavy atom. The maximum Gasteiger partial charge on any atom is 0.213 e. The van der Waals surface area contributed by atoms with E-state index in [0.717, 1.165) is 12.8 Å². The zero-order valence-electron chi connectivity index (χ0n) is 15.7. The first-order chi connectivity index (χ1) is 12.3. The number of piperidine rings is 1. The van der Waals surface area contributed by atoms with Gasteiger partial charge in [-0.1, -0.05) is 0 Å². The number of nitrogens with one attached hydrogen (secondary N) is 2. The molecule has 148 valence electrons. The van der Waals surface area contributed by atoms with E-state index in [1.807, 2.05) is 6.92 Å². The van der Waals surface area contributed by atoms with Gasteiger partial charge in [0.15, 0.2) is 5.96 Å². The molecule has 1 saturated heterocycles. The molecule has 1 aromatic rings. The Morgan fingerprint density at radius 3 is 2.65 bits per heavy atom. The summed E-state index contributed by atoms with van der Waals surface area (Å²) in [6, 6.07) is 3.60. The van der Waals surface area contributed by atoms with E-state index < -0.39 is 15.6 Å². The maximum atomic E-state index is 11.9. The predicted octanol–water partition coefficient (Wildman–Crippen LogP) is 0.856. The quantitative estimate of drug-likeness (QED) is 0.474. The van der Waals surface area contributed by atoms with Crippen molar-refractivity contribution in [3.8, 4) is 0 Å². The highest BCUT2D eigenvalue weighted by atomic mass is 32.2. The minimum Gasteiger partial charge on any atom is -0.466 e. The van der Waals surface area contributed by atoms with Crippen LogP contribution in [0.1, 0.15) is 39.4 Å². The molecule has 1 aliphatic rings. The Balaban J connectivity index is 1.94. The van der Waals surface area contributed by atoms with Gasteiger partial charge in [-0.3, -0.25) is 0 Å². The molecule has 0 amide bonds. The Hall–Kier alpha value is -1.58. The van der Waals surface area contributed by atoms with Gasteiger partial charge in [-0.2, -0.15) is 0 Å². The van der Waals surface area contributed by atoms with Crippen LogP contribution in [0.15, 0.2) is 27.8 Å². The third-order valence-corrected chi connectivity index (χ3v) is 6.38. The highest BCUT2D eigenvalue weighted by molar-refractivity contribution is 7.89. The molecule has 1 aromatic heterocycles. The predicted molar refractivity (Wildman–Crippen MR) is 101 cm³/mol. The first kappa shape index (κ1) is 20.7. The van der Waals surface area contributed by atoms with Gasteiger partial charge in [-0.15, -0.1) is 0 Å². The van der Waals surface area contributed by atoms with Crippen LogP contribution in [0.2, 0.25) is 0 Å². The van der Waals surface area contributed by atoms with Crippen molar-refractivity contribution in [2.24, 2.45) is 4.99 Å². The number of hydrogen-bond donors (Lipinski definition) is 3. The van der Waals surface area contributed by atoms with Crippen molar-refractivity contribution in [2.45, 2.75) is 45.3 Å². The van der Waals surface area contributed by atoms with Gasteiger partial charge in [-0.25, -0.2) is 17.7 Å². The topological polar surface area (TPSA) is 107 Å². The first-order valence-corrected chi connectivity index (χ1v) is 10.7. The standard InChI is InChI=1S/C17H30N4O4S/c1-4-18-16(19-13-17(3,22)15-7-6-12-25-15)20-14-8-10-21(11-9-14)26(23,24)5-2/h6-7,12,14,22H,4-5,8-11,13H2,1-3H3,(H2,18,19,20). The zero-order valence-corrected chi connectivity index (χ0v) is 16.6. The summed E-state index contributed by atoms with van der Waals surface area (Å²) < 4.78 is 30.7. The molecule has 0 aromatic carbocycles. The highest BCUT2D eigenvalue weighted by Crippen LogP contribution is 2.21. The van der Waals surface area contributed by atoms with Crippen LogP contribution in [-0.4, -0.2) is 61.8 Å². The largest absolute Gasteiger partial charge is 0.466 e. The lowest BCUT2D eigenvalue weighted by Crippen LogP contribution is -2.50. The Kier molecular flexibility index (Phi) is 7.08. The normalized spacial score (nSPS) is 19.9. The Morgan fingerprint density at radius 2 is 2.12 bits per heavy atom. The van der Waals surface area contributed by atoms with Gasteiger partial charge < -0.3 is 20.2 Å². The van der Waals surface area contributed by atoms with E-state index in [0.29, 0.717) is 31.4 Å². The average Bonchev–Trinajstić information content (AvgIpc) is 3.16. The van der Waals surface area contributed by atoms with Crippen molar-refractivity contribution in [2.75, 3.05) is 31.9 Å². The second-order valence-electron chi connectivity index (χ2n) is 6.66. The number of sulfonamides is 1. The summed E-state index contributed by atoms with van der Waals surface area (Å²) in [6.45, 7) is 7.16. The van der Waals surface area contributed by atoms with Crippen LogP contribution in [0.25, 0.3) is 0 Å². The van der Waals surface area contributed by atoms with Crippen LogP contribution < -0.4 is 10.6 Å². The summed E-state index contributed by atoms with van der Waals surface area (Å²) in [7, 11) is -3.12. The summed E-state index contributed by atoms with van der Waals surface area (Å²) in [5, 5.41) is 17.0. The van der Waals surface area contributed by atoms with Gasteiger partial charge in [0, 0.05) is 25.7 Å².